The quantitative estimate of drug-likeness (QED) is 0.554. The van der Waals surface area contributed by atoms with Crippen LogP contribution in [0.25, 0.3) is 10.9 Å². The molecule has 8 heteroatoms. The van der Waals surface area contributed by atoms with Crippen molar-refractivity contribution in [2.45, 2.75) is 12.5 Å². The molecular formula is C22H21N3O5. The largest absolute Gasteiger partial charge is 0.493 e. The number of rotatable bonds is 8. The molecule has 30 heavy (non-hydrogen) atoms. The lowest BCUT2D eigenvalue weighted by molar-refractivity contribution is -0.145. The van der Waals surface area contributed by atoms with Crippen LogP contribution in [-0.2, 0) is 20.7 Å². The van der Waals surface area contributed by atoms with Crippen LogP contribution in [0.4, 0.5) is 0 Å². The Kier molecular flexibility index (Phi) is 6.55. The molecular weight excluding hydrogens is 386 g/mol. The number of carbonyl (C=O) groups is 2. The van der Waals surface area contributed by atoms with Gasteiger partial charge in [0.2, 0.25) is 0 Å². The van der Waals surface area contributed by atoms with E-state index in [1.807, 2.05) is 36.5 Å². The van der Waals surface area contributed by atoms with Gasteiger partial charge < -0.3 is 24.5 Å². The van der Waals surface area contributed by atoms with Gasteiger partial charge >= 0.3 is 5.97 Å². The van der Waals surface area contributed by atoms with E-state index in [-0.39, 0.29) is 13.0 Å². The van der Waals surface area contributed by atoms with Crippen LogP contribution >= 0.6 is 0 Å². The highest BCUT2D eigenvalue weighted by molar-refractivity contribution is 5.87. The van der Waals surface area contributed by atoms with Gasteiger partial charge in [0.1, 0.15) is 6.04 Å². The van der Waals surface area contributed by atoms with E-state index in [1.54, 1.807) is 12.1 Å². The van der Waals surface area contributed by atoms with E-state index < -0.39 is 17.9 Å². The van der Waals surface area contributed by atoms with Crippen molar-refractivity contribution < 1.29 is 23.8 Å². The van der Waals surface area contributed by atoms with Gasteiger partial charge in [0.25, 0.3) is 5.91 Å². The summed E-state index contributed by atoms with van der Waals surface area (Å²) in [5.41, 5.74) is 2.24. The van der Waals surface area contributed by atoms with E-state index in [9.17, 15) is 9.59 Å². The highest BCUT2D eigenvalue weighted by Crippen LogP contribution is 2.27. The van der Waals surface area contributed by atoms with Crippen LogP contribution < -0.4 is 14.8 Å². The van der Waals surface area contributed by atoms with Crippen molar-refractivity contribution in [1.82, 2.24) is 10.3 Å². The Labute approximate surface area is 173 Å². The number of esters is 1. The average molecular weight is 407 g/mol. The van der Waals surface area contributed by atoms with Crippen LogP contribution in [0.5, 0.6) is 11.5 Å². The number of benzene rings is 2. The average Bonchev–Trinajstić information content (AvgIpc) is 3.19. The third-order valence-electron chi connectivity index (χ3n) is 4.57. The molecule has 2 N–H and O–H groups in total. The number of hydrogen-bond donors (Lipinski definition) is 2. The molecule has 8 nitrogen and oxygen atoms in total. The maximum absolute atomic E-state index is 12.4. The van der Waals surface area contributed by atoms with Gasteiger partial charge in [-0.05, 0) is 23.8 Å². The molecule has 0 radical (unpaired) electrons. The molecule has 0 unspecified atom stereocenters. The van der Waals surface area contributed by atoms with Crippen molar-refractivity contribution in [3.05, 3.63) is 59.8 Å². The number of nitriles is 1. The van der Waals surface area contributed by atoms with E-state index in [0.29, 0.717) is 17.1 Å². The molecule has 0 saturated carbocycles. The minimum atomic E-state index is -0.867. The van der Waals surface area contributed by atoms with Gasteiger partial charge in [0.15, 0.2) is 18.1 Å². The zero-order valence-corrected chi connectivity index (χ0v) is 16.6. The van der Waals surface area contributed by atoms with Gasteiger partial charge in [-0.15, -0.1) is 0 Å². The first-order valence-electron chi connectivity index (χ1n) is 9.18. The zero-order chi connectivity index (χ0) is 21.5. The topological polar surface area (TPSA) is 113 Å². The van der Waals surface area contributed by atoms with Crippen molar-refractivity contribution in [3.8, 4) is 17.6 Å². The lowest BCUT2D eigenvalue weighted by Crippen LogP contribution is -2.44. The maximum atomic E-state index is 12.4. The summed E-state index contributed by atoms with van der Waals surface area (Å²) >= 11 is 0. The lowest BCUT2D eigenvalue weighted by atomic mass is 10.0. The van der Waals surface area contributed by atoms with E-state index in [4.69, 9.17) is 19.5 Å². The summed E-state index contributed by atoms with van der Waals surface area (Å²) in [6.07, 6.45) is 2.08. The first-order valence-corrected chi connectivity index (χ1v) is 9.18. The predicted molar refractivity (Wildman–Crippen MR) is 109 cm³/mol. The lowest BCUT2D eigenvalue weighted by Gasteiger charge is -2.17. The summed E-state index contributed by atoms with van der Waals surface area (Å²) < 4.78 is 15.5. The molecule has 0 fully saturated rings. The van der Waals surface area contributed by atoms with Crippen LogP contribution in [0.1, 0.15) is 11.1 Å². The third-order valence-corrected chi connectivity index (χ3v) is 4.57. The Morgan fingerprint density at radius 2 is 1.97 bits per heavy atom. The molecule has 154 valence electrons. The predicted octanol–water partition coefficient (Wildman–Crippen LogP) is 2.33. The highest BCUT2D eigenvalue weighted by Gasteiger charge is 2.23. The minimum Gasteiger partial charge on any atom is -0.493 e. The second kappa shape index (κ2) is 9.47. The number of para-hydroxylation sites is 1. The number of nitrogens with one attached hydrogen (secondary N) is 2. The number of ether oxygens (including phenoxy) is 3. The van der Waals surface area contributed by atoms with Crippen molar-refractivity contribution in [2.24, 2.45) is 0 Å². The Bertz CT molecular complexity index is 1100. The fourth-order valence-corrected chi connectivity index (χ4v) is 3.09. The number of fused-ring (bicyclic) bond motifs is 1. The van der Waals surface area contributed by atoms with Crippen molar-refractivity contribution >= 4 is 22.8 Å². The standard InChI is InChI=1S/C22H21N3O5/c1-28-20-9-14(11-23)7-8-19(20)30-13-21(26)25-18(22(27)29-2)10-15-12-24-17-6-4-3-5-16(15)17/h3-9,12,18,24H,10,13H2,1-2H3,(H,25,26)/t18-/m1/s1. The molecule has 1 amide bonds. The number of carbonyl (C=O) groups excluding carboxylic acids is 2. The van der Waals surface area contributed by atoms with E-state index in [2.05, 4.69) is 10.3 Å². The molecule has 0 bridgehead atoms. The molecule has 0 aliphatic heterocycles. The number of aromatic nitrogens is 1. The molecule has 2 aromatic carbocycles. The molecule has 0 aliphatic carbocycles. The van der Waals surface area contributed by atoms with E-state index in [1.165, 1.54) is 20.3 Å². The second-order valence-corrected chi connectivity index (χ2v) is 6.47. The maximum Gasteiger partial charge on any atom is 0.328 e. The summed E-state index contributed by atoms with van der Waals surface area (Å²) in [6, 6.07) is 13.5. The number of H-pyrrole nitrogens is 1. The van der Waals surface area contributed by atoms with E-state index in [0.717, 1.165) is 16.5 Å². The molecule has 0 spiro atoms. The van der Waals surface area contributed by atoms with Crippen LogP contribution in [0.2, 0.25) is 0 Å². The molecule has 1 heterocycles. The minimum absolute atomic E-state index is 0.266. The van der Waals surface area contributed by atoms with Crippen LogP contribution in [0, 0.1) is 11.3 Å². The Hall–Kier alpha value is -3.99. The third kappa shape index (κ3) is 4.70. The summed E-state index contributed by atoms with van der Waals surface area (Å²) in [7, 11) is 2.72. The van der Waals surface area contributed by atoms with Crippen molar-refractivity contribution in [1.29, 1.82) is 5.26 Å². The smallest absolute Gasteiger partial charge is 0.328 e. The van der Waals surface area contributed by atoms with E-state index >= 15 is 0 Å². The fourth-order valence-electron chi connectivity index (χ4n) is 3.09. The molecule has 1 aromatic heterocycles. The van der Waals surface area contributed by atoms with Gasteiger partial charge in [0, 0.05) is 29.6 Å². The molecule has 1 atom stereocenters. The Balaban J connectivity index is 1.67. The van der Waals surface area contributed by atoms with Crippen LogP contribution in [0.3, 0.4) is 0 Å². The fraction of sp³-hybridized carbons (Fsp3) is 0.227. The Morgan fingerprint density at radius 3 is 2.70 bits per heavy atom. The summed E-state index contributed by atoms with van der Waals surface area (Å²) in [5, 5.41) is 12.6. The second-order valence-electron chi connectivity index (χ2n) is 6.47. The molecule has 0 saturated heterocycles. The first-order chi connectivity index (χ1) is 14.5. The van der Waals surface area contributed by atoms with Gasteiger partial charge in [-0.1, -0.05) is 18.2 Å². The number of nitrogens with zero attached hydrogens (tertiary/aromatic N) is 1. The highest BCUT2D eigenvalue weighted by atomic mass is 16.5. The van der Waals surface area contributed by atoms with Crippen molar-refractivity contribution in [2.75, 3.05) is 20.8 Å². The van der Waals surface area contributed by atoms with Gasteiger partial charge in [-0.2, -0.15) is 5.26 Å². The van der Waals surface area contributed by atoms with Crippen LogP contribution in [-0.4, -0.2) is 43.7 Å². The number of amides is 1. The van der Waals surface area contributed by atoms with Crippen LogP contribution in [0.15, 0.2) is 48.7 Å². The monoisotopic (exact) mass is 407 g/mol. The normalized spacial score (nSPS) is 11.4. The van der Waals surface area contributed by atoms with Gasteiger partial charge in [-0.25, -0.2) is 4.79 Å². The molecule has 0 aliphatic rings. The summed E-state index contributed by atoms with van der Waals surface area (Å²) in [4.78, 5) is 27.8. The summed E-state index contributed by atoms with van der Waals surface area (Å²) in [6.45, 7) is -0.330. The Morgan fingerprint density at radius 1 is 1.17 bits per heavy atom. The SMILES string of the molecule is COC(=O)[C@@H](Cc1c[nH]c2ccccc12)NC(=O)COc1ccc(C#N)cc1OC. The van der Waals surface area contributed by atoms with Gasteiger partial charge in [-0.3, -0.25) is 4.79 Å². The first kappa shape index (κ1) is 20.7. The zero-order valence-electron chi connectivity index (χ0n) is 16.6. The van der Waals surface area contributed by atoms with Gasteiger partial charge in [0.05, 0.1) is 25.9 Å². The number of methoxy groups -OCH3 is 2. The number of aromatic amines is 1. The van der Waals surface area contributed by atoms with Crippen molar-refractivity contribution in [3.63, 3.8) is 0 Å². The summed E-state index contributed by atoms with van der Waals surface area (Å²) in [5.74, 6) is -0.385. The number of hydrogen-bond acceptors (Lipinski definition) is 6. The molecule has 3 aromatic rings. The molecule has 3 rings (SSSR count).